The maximum absolute atomic E-state index is 6.00. The lowest BCUT2D eigenvalue weighted by Crippen LogP contribution is -1.98. The fourth-order valence-corrected chi connectivity index (χ4v) is 2.23. The number of aromatic nitrogens is 2. The van der Waals surface area contributed by atoms with Gasteiger partial charge >= 0.3 is 0 Å². The van der Waals surface area contributed by atoms with Crippen molar-refractivity contribution < 1.29 is 4.74 Å². The van der Waals surface area contributed by atoms with Gasteiger partial charge in [-0.2, -0.15) is 0 Å². The number of rotatable bonds is 3. The molecule has 0 saturated heterocycles. The van der Waals surface area contributed by atoms with Crippen molar-refractivity contribution in [1.29, 1.82) is 0 Å². The molecule has 1 radical (unpaired) electrons. The first-order valence-corrected chi connectivity index (χ1v) is 6.68. The van der Waals surface area contributed by atoms with Gasteiger partial charge in [0.15, 0.2) is 10.9 Å². The summed E-state index contributed by atoms with van der Waals surface area (Å²) in [5.74, 6) is 0.830. The molecule has 1 aromatic heterocycles. The third-order valence-electron chi connectivity index (χ3n) is 2.44. The van der Waals surface area contributed by atoms with Gasteiger partial charge in [-0.3, -0.25) is 0 Å². The van der Waals surface area contributed by atoms with Crippen LogP contribution < -0.4 is 4.74 Å². The summed E-state index contributed by atoms with van der Waals surface area (Å²) in [5, 5.41) is 8.80. The Labute approximate surface area is 126 Å². The maximum Gasteiger partial charge on any atom is 0.239 e. The molecule has 0 spiro atoms. The fraction of sp³-hybridized carbons (Fsp3) is 0.231. The molecular weight excluding hydrogens is 307 g/mol. The number of benzene rings is 1. The normalized spacial score (nSPS) is 10.8. The van der Waals surface area contributed by atoms with Gasteiger partial charge in [0.1, 0.15) is 0 Å². The summed E-state index contributed by atoms with van der Waals surface area (Å²) < 4.78 is 5.57. The molecule has 19 heavy (non-hydrogen) atoms. The number of hydrogen-bond acceptors (Lipinski definition) is 3. The molecule has 0 aliphatic heterocycles. The third-order valence-corrected chi connectivity index (χ3v) is 3.29. The summed E-state index contributed by atoms with van der Waals surface area (Å²) in [6.07, 6.45) is 0. The summed E-state index contributed by atoms with van der Waals surface area (Å²) in [6.45, 7) is 4.01. The number of ether oxygens (including phenoxy) is 1. The lowest BCUT2D eigenvalue weighted by atomic mass is 10.1. The van der Waals surface area contributed by atoms with Gasteiger partial charge in [0, 0.05) is 6.07 Å². The minimum Gasteiger partial charge on any atom is -0.434 e. The molecule has 0 saturated carbocycles. The van der Waals surface area contributed by atoms with Crippen LogP contribution in [0.2, 0.25) is 15.2 Å². The van der Waals surface area contributed by atoms with Crippen LogP contribution in [-0.4, -0.2) is 10.2 Å². The van der Waals surface area contributed by atoms with E-state index in [1.54, 1.807) is 18.2 Å². The zero-order valence-corrected chi connectivity index (χ0v) is 12.5. The Morgan fingerprint density at radius 2 is 1.74 bits per heavy atom. The molecule has 99 valence electrons. The second kappa shape index (κ2) is 5.95. The smallest absolute Gasteiger partial charge is 0.239 e. The van der Waals surface area contributed by atoms with Crippen LogP contribution in [0.4, 0.5) is 0 Å². The van der Waals surface area contributed by atoms with Gasteiger partial charge in [-0.15, -0.1) is 10.2 Å². The zero-order chi connectivity index (χ0) is 14.0. The Balaban J connectivity index is 2.36. The standard InChI is InChI=1S/C13H10Cl3N2O/c1-7(2)8-6-11(17-18-13(8)16)19-12-9(14)4-3-5-10(12)15/h4-7H,1-2H3. The highest BCUT2D eigenvalue weighted by Gasteiger charge is 2.13. The van der Waals surface area contributed by atoms with Crippen molar-refractivity contribution in [2.45, 2.75) is 19.8 Å². The number of hydrogen-bond donors (Lipinski definition) is 0. The Hall–Kier alpha value is -1.03. The molecule has 0 aliphatic carbocycles. The number of halogens is 3. The molecule has 1 aromatic carbocycles. The highest BCUT2D eigenvalue weighted by Crippen LogP contribution is 2.36. The predicted molar refractivity (Wildman–Crippen MR) is 76.5 cm³/mol. The van der Waals surface area contributed by atoms with Crippen molar-refractivity contribution in [2.75, 3.05) is 0 Å². The molecule has 0 unspecified atom stereocenters. The van der Waals surface area contributed by atoms with Gasteiger partial charge in [-0.05, 0) is 29.7 Å². The van der Waals surface area contributed by atoms with Gasteiger partial charge in [-0.25, -0.2) is 0 Å². The van der Waals surface area contributed by atoms with Crippen LogP contribution in [0.25, 0.3) is 0 Å². The molecule has 0 atom stereocenters. The van der Waals surface area contributed by atoms with E-state index in [4.69, 9.17) is 39.5 Å². The minimum atomic E-state index is 0.209. The highest BCUT2D eigenvalue weighted by molar-refractivity contribution is 6.37. The zero-order valence-electron chi connectivity index (χ0n) is 10.2. The average molecular weight is 317 g/mol. The molecule has 2 aromatic rings. The molecule has 0 amide bonds. The Morgan fingerprint density at radius 3 is 2.32 bits per heavy atom. The van der Waals surface area contributed by atoms with Crippen LogP contribution in [0.5, 0.6) is 11.6 Å². The van der Waals surface area contributed by atoms with E-state index in [1.807, 2.05) is 13.8 Å². The molecule has 2 rings (SSSR count). The highest BCUT2D eigenvalue weighted by atomic mass is 35.5. The van der Waals surface area contributed by atoms with Crippen molar-refractivity contribution in [1.82, 2.24) is 10.2 Å². The van der Waals surface area contributed by atoms with Crippen LogP contribution in [0.15, 0.2) is 18.2 Å². The summed E-state index contributed by atoms with van der Waals surface area (Å²) >= 11 is 18.0. The SMILES string of the molecule is CC(C)c1cc(Oc2c(Cl)c[c]cc2Cl)nnc1Cl. The Kier molecular flexibility index (Phi) is 4.50. The molecule has 0 fully saturated rings. The van der Waals surface area contributed by atoms with E-state index < -0.39 is 0 Å². The van der Waals surface area contributed by atoms with Crippen molar-refractivity contribution in [3.63, 3.8) is 0 Å². The molecule has 3 nitrogen and oxygen atoms in total. The molecule has 0 aliphatic rings. The number of nitrogens with zero attached hydrogens (tertiary/aromatic N) is 2. The van der Waals surface area contributed by atoms with Crippen LogP contribution in [0.1, 0.15) is 25.3 Å². The topological polar surface area (TPSA) is 35.0 Å². The van der Waals surface area contributed by atoms with Crippen LogP contribution >= 0.6 is 34.8 Å². The van der Waals surface area contributed by atoms with Gasteiger partial charge in [0.05, 0.1) is 10.0 Å². The molecule has 1 heterocycles. The van der Waals surface area contributed by atoms with Crippen LogP contribution in [0, 0.1) is 6.07 Å². The second-order valence-electron chi connectivity index (χ2n) is 4.17. The Bertz CT molecular complexity index is 582. The van der Waals surface area contributed by atoms with Crippen molar-refractivity contribution >= 4 is 34.8 Å². The van der Waals surface area contributed by atoms with E-state index in [0.29, 0.717) is 26.8 Å². The summed E-state index contributed by atoms with van der Waals surface area (Å²) in [4.78, 5) is 0. The summed E-state index contributed by atoms with van der Waals surface area (Å²) in [6, 6.07) is 7.65. The quantitative estimate of drug-likeness (QED) is 0.785. The summed E-state index contributed by atoms with van der Waals surface area (Å²) in [7, 11) is 0. The molecule has 0 bridgehead atoms. The van der Waals surface area contributed by atoms with Gasteiger partial charge in [0.25, 0.3) is 0 Å². The third kappa shape index (κ3) is 3.30. The van der Waals surface area contributed by atoms with E-state index in [-0.39, 0.29) is 5.92 Å². The first kappa shape index (κ1) is 14.4. The van der Waals surface area contributed by atoms with Crippen molar-refractivity contribution in [2.24, 2.45) is 0 Å². The molecule has 0 N–H and O–H groups in total. The lowest BCUT2D eigenvalue weighted by molar-refractivity contribution is 0.454. The van der Waals surface area contributed by atoms with E-state index in [0.717, 1.165) is 5.56 Å². The van der Waals surface area contributed by atoms with E-state index in [9.17, 15) is 0 Å². The Morgan fingerprint density at radius 1 is 1.11 bits per heavy atom. The van der Waals surface area contributed by atoms with E-state index >= 15 is 0 Å². The maximum atomic E-state index is 6.00. The predicted octanol–water partition coefficient (Wildman–Crippen LogP) is 5.15. The van der Waals surface area contributed by atoms with Gasteiger partial charge in [-0.1, -0.05) is 48.7 Å². The first-order valence-electron chi connectivity index (χ1n) is 5.55. The van der Waals surface area contributed by atoms with Crippen molar-refractivity contribution in [3.8, 4) is 11.6 Å². The van der Waals surface area contributed by atoms with Crippen LogP contribution in [0.3, 0.4) is 0 Å². The second-order valence-corrected chi connectivity index (χ2v) is 5.34. The fourth-order valence-electron chi connectivity index (χ4n) is 1.46. The van der Waals surface area contributed by atoms with E-state index in [1.165, 1.54) is 0 Å². The van der Waals surface area contributed by atoms with Gasteiger partial charge in [0.2, 0.25) is 5.88 Å². The van der Waals surface area contributed by atoms with Crippen LogP contribution in [-0.2, 0) is 0 Å². The largest absolute Gasteiger partial charge is 0.434 e. The minimum absolute atomic E-state index is 0.209. The molecule has 6 heteroatoms. The van der Waals surface area contributed by atoms with E-state index in [2.05, 4.69) is 16.3 Å². The molecular formula is C13H10Cl3N2O. The average Bonchev–Trinajstić information content (AvgIpc) is 2.35. The van der Waals surface area contributed by atoms with Crippen molar-refractivity contribution in [3.05, 3.63) is 45.0 Å². The first-order chi connectivity index (χ1) is 8.99. The monoisotopic (exact) mass is 315 g/mol. The van der Waals surface area contributed by atoms with Gasteiger partial charge < -0.3 is 4.74 Å². The summed E-state index contributed by atoms with van der Waals surface area (Å²) in [5.41, 5.74) is 0.849. The lowest BCUT2D eigenvalue weighted by Gasteiger charge is -2.11.